The van der Waals surface area contributed by atoms with Crippen LogP contribution in [0.2, 0.25) is 0 Å². The highest BCUT2D eigenvalue weighted by Crippen LogP contribution is 2.27. The predicted octanol–water partition coefficient (Wildman–Crippen LogP) is 5.22. The molecule has 0 aliphatic carbocycles. The molecule has 0 aliphatic heterocycles. The molecule has 0 aromatic heterocycles. The molecule has 0 saturated heterocycles. The Bertz CT molecular complexity index is 207. The first kappa shape index (κ1) is 18.3. The molecule has 0 amide bonds. The molecule has 0 saturated carbocycles. The zero-order valence-electron chi connectivity index (χ0n) is 13.2. The Balaban J connectivity index is 3.92. The third-order valence-corrected chi connectivity index (χ3v) is 4.54. The van der Waals surface area contributed by atoms with Crippen molar-refractivity contribution in [3.05, 3.63) is 0 Å². The third-order valence-electron chi connectivity index (χ3n) is 3.56. The summed E-state index contributed by atoms with van der Waals surface area (Å²) in [5.74, 6) is 1.09. The molecule has 0 heterocycles. The highest BCUT2D eigenvalue weighted by molar-refractivity contribution is 7.94. The molecule has 0 spiro atoms. The summed E-state index contributed by atoms with van der Waals surface area (Å²) in [6.07, 6.45) is 5.49. The Hall–Kier alpha value is 0.270. The molecule has 1 atom stereocenters. The predicted molar refractivity (Wildman–Crippen MR) is 82.1 cm³/mol. The van der Waals surface area contributed by atoms with Crippen LogP contribution in [0.3, 0.4) is 0 Å². The lowest BCUT2D eigenvalue weighted by atomic mass is 9.99. The van der Waals surface area contributed by atoms with Crippen LogP contribution in [-0.4, -0.2) is 23.6 Å². The van der Waals surface area contributed by atoms with Crippen LogP contribution in [-0.2, 0) is 8.92 Å². The maximum absolute atomic E-state index is 5.97. The first-order valence-corrected chi connectivity index (χ1v) is 8.24. The highest BCUT2D eigenvalue weighted by atomic mass is 32.2. The second-order valence-electron chi connectivity index (χ2n) is 5.77. The van der Waals surface area contributed by atoms with Gasteiger partial charge in [0, 0.05) is 12.2 Å². The second kappa shape index (κ2) is 9.22. The Labute approximate surface area is 118 Å². The summed E-state index contributed by atoms with van der Waals surface area (Å²) >= 11 is 1.62. The van der Waals surface area contributed by atoms with E-state index in [2.05, 4.69) is 41.5 Å². The summed E-state index contributed by atoms with van der Waals surface area (Å²) in [5.41, 5.74) is -0.0633. The first-order chi connectivity index (χ1) is 8.39. The van der Waals surface area contributed by atoms with Gasteiger partial charge in [-0.25, -0.2) is 0 Å². The smallest absolute Gasteiger partial charge is 0.0820 e. The highest BCUT2D eigenvalue weighted by Gasteiger charge is 2.25. The standard InChI is InChI=1S/C15H32O2S/c1-7-10-13-18-17-15(6,9-3)11-12-16-14(4,5)8-2/h7-13H2,1-6H3. The van der Waals surface area contributed by atoms with Crippen molar-refractivity contribution in [1.82, 2.24) is 0 Å². The average Bonchev–Trinajstić information content (AvgIpc) is 2.34. The van der Waals surface area contributed by atoms with E-state index in [9.17, 15) is 0 Å². The Morgan fingerprint density at radius 1 is 1.00 bits per heavy atom. The number of hydrogen-bond acceptors (Lipinski definition) is 3. The third kappa shape index (κ3) is 8.39. The largest absolute Gasteiger partial charge is 0.375 e. The summed E-state index contributed by atoms with van der Waals surface area (Å²) in [6, 6.07) is 0. The van der Waals surface area contributed by atoms with E-state index in [1.807, 2.05) is 0 Å². The molecule has 18 heavy (non-hydrogen) atoms. The van der Waals surface area contributed by atoms with Crippen molar-refractivity contribution >= 4 is 12.0 Å². The second-order valence-corrected chi connectivity index (χ2v) is 6.58. The Morgan fingerprint density at radius 3 is 2.17 bits per heavy atom. The van der Waals surface area contributed by atoms with E-state index in [0.717, 1.165) is 31.6 Å². The van der Waals surface area contributed by atoms with E-state index < -0.39 is 0 Å². The number of ether oxygens (including phenoxy) is 1. The van der Waals surface area contributed by atoms with Gasteiger partial charge in [-0.1, -0.05) is 27.2 Å². The molecule has 0 aromatic carbocycles. The van der Waals surface area contributed by atoms with Gasteiger partial charge in [-0.3, -0.25) is 0 Å². The lowest BCUT2D eigenvalue weighted by molar-refractivity contribution is -0.0432. The van der Waals surface area contributed by atoms with Crippen LogP contribution in [0.15, 0.2) is 0 Å². The first-order valence-electron chi connectivity index (χ1n) is 7.33. The molecule has 2 nitrogen and oxygen atoms in total. The zero-order chi connectivity index (χ0) is 14.1. The van der Waals surface area contributed by atoms with Crippen molar-refractivity contribution in [2.45, 2.75) is 84.8 Å². The van der Waals surface area contributed by atoms with Gasteiger partial charge < -0.3 is 8.92 Å². The van der Waals surface area contributed by atoms with Gasteiger partial charge in [0.2, 0.25) is 0 Å². The average molecular weight is 276 g/mol. The molecule has 0 radical (unpaired) electrons. The minimum absolute atomic E-state index is 0.00992. The van der Waals surface area contributed by atoms with E-state index in [1.165, 1.54) is 12.8 Å². The van der Waals surface area contributed by atoms with Crippen molar-refractivity contribution in [2.75, 3.05) is 12.4 Å². The molecule has 3 heteroatoms. The van der Waals surface area contributed by atoms with Crippen molar-refractivity contribution in [2.24, 2.45) is 0 Å². The maximum Gasteiger partial charge on any atom is 0.0820 e. The minimum atomic E-state index is -0.0533. The zero-order valence-corrected chi connectivity index (χ0v) is 14.0. The van der Waals surface area contributed by atoms with E-state index in [1.54, 1.807) is 12.0 Å². The number of hydrogen-bond donors (Lipinski definition) is 0. The monoisotopic (exact) mass is 276 g/mol. The number of unbranched alkanes of at least 4 members (excludes halogenated alkanes) is 1. The SMILES string of the molecule is CCCCSOC(C)(CC)CCOC(C)(C)CC. The molecular weight excluding hydrogens is 244 g/mol. The lowest BCUT2D eigenvalue weighted by Crippen LogP contribution is -2.31. The van der Waals surface area contributed by atoms with E-state index in [0.29, 0.717) is 0 Å². The van der Waals surface area contributed by atoms with Crippen molar-refractivity contribution in [3.63, 3.8) is 0 Å². The molecule has 0 rings (SSSR count). The molecular formula is C15H32O2S. The molecule has 0 N–H and O–H groups in total. The fraction of sp³-hybridized carbons (Fsp3) is 1.00. The Kier molecular flexibility index (Phi) is 9.36. The fourth-order valence-corrected chi connectivity index (χ4v) is 2.29. The van der Waals surface area contributed by atoms with E-state index in [4.69, 9.17) is 8.92 Å². The molecule has 0 bridgehead atoms. The van der Waals surface area contributed by atoms with Crippen LogP contribution in [0, 0.1) is 0 Å². The lowest BCUT2D eigenvalue weighted by Gasteiger charge is -2.30. The number of rotatable bonds is 11. The van der Waals surface area contributed by atoms with Gasteiger partial charge >= 0.3 is 0 Å². The molecule has 0 aliphatic rings. The Morgan fingerprint density at radius 2 is 1.67 bits per heavy atom. The van der Waals surface area contributed by atoms with Gasteiger partial charge in [0.1, 0.15) is 0 Å². The molecule has 0 aromatic rings. The van der Waals surface area contributed by atoms with E-state index >= 15 is 0 Å². The molecule has 110 valence electrons. The van der Waals surface area contributed by atoms with Crippen molar-refractivity contribution in [1.29, 1.82) is 0 Å². The minimum Gasteiger partial charge on any atom is -0.375 e. The van der Waals surface area contributed by atoms with Gasteiger partial charge in [0.15, 0.2) is 0 Å². The topological polar surface area (TPSA) is 18.5 Å². The van der Waals surface area contributed by atoms with Crippen LogP contribution in [0.25, 0.3) is 0 Å². The molecule has 0 fully saturated rings. The normalized spacial score (nSPS) is 15.7. The van der Waals surface area contributed by atoms with Crippen LogP contribution in [0.4, 0.5) is 0 Å². The summed E-state index contributed by atoms with van der Waals surface area (Å²) in [5, 5.41) is 0. The van der Waals surface area contributed by atoms with Gasteiger partial charge in [-0.15, -0.1) is 0 Å². The van der Waals surface area contributed by atoms with Crippen LogP contribution in [0.5, 0.6) is 0 Å². The van der Waals surface area contributed by atoms with Gasteiger partial charge in [-0.2, -0.15) is 0 Å². The van der Waals surface area contributed by atoms with Crippen LogP contribution in [0.1, 0.15) is 73.6 Å². The van der Waals surface area contributed by atoms with Crippen LogP contribution >= 0.6 is 12.0 Å². The molecule has 1 unspecified atom stereocenters. The van der Waals surface area contributed by atoms with Gasteiger partial charge in [0.05, 0.1) is 17.8 Å². The van der Waals surface area contributed by atoms with E-state index in [-0.39, 0.29) is 11.2 Å². The summed E-state index contributed by atoms with van der Waals surface area (Å²) in [4.78, 5) is 0. The van der Waals surface area contributed by atoms with Gasteiger partial charge in [0.25, 0.3) is 0 Å². The maximum atomic E-state index is 5.97. The van der Waals surface area contributed by atoms with Crippen molar-refractivity contribution in [3.8, 4) is 0 Å². The fourth-order valence-electron chi connectivity index (χ4n) is 1.31. The summed E-state index contributed by atoms with van der Waals surface area (Å²) in [7, 11) is 0. The quantitative estimate of drug-likeness (QED) is 0.381. The summed E-state index contributed by atoms with van der Waals surface area (Å²) in [6.45, 7) is 13.8. The van der Waals surface area contributed by atoms with Crippen molar-refractivity contribution < 1.29 is 8.92 Å². The summed E-state index contributed by atoms with van der Waals surface area (Å²) < 4.78 is 11.9. The van der Waals surface area contributed by atoms with Gasteiger partial charge in [-0.05, 0) is 52.1 Å². The van der Waals surface area contributed by atoms with Crippen LogP contribution < -0.4 is 0 Å².